The molecule has 0 aliphatic heterocycles. The van der Waals surface area contributed by atoms with E-state index < -0.39 is 5.82 Å². The van der Waals surface area contributed by atoms with Crippen LogP contribution in [0.2, 0.25) is 5.02 Å². The van der Waals surface area contributed by atoms with Crippen molar-refractivity contribution in [2.24, 2.45) is 0 Å². The van der Waals surface area contributed by atoms with Crippen LogP contribution in [0.3, 0.4) is 0 Å². The number of nitrogens with one attached hydrogen (secondary N) is 1. The largest absolute Gasteiger partial charge is 0.336 e. The van der Waals surface area contributed by atoms with Crippen molar-refractivity contribution in [3.63, 3.8) is 0 Å². The quantitative estimate of drug-likeness (QED) is 0.569. The lowest BCUT2D eigenvalue weighted by Gasteiger charge is -2.04. The highest BCUT2D eigenvalue weighted by Crippen LogP contribution is 2.25. The van der Waals surface area contributed by atoms with Crippen molar-refractivity contribution in [3.05, 3.63) is 70.1 Å². The fourth-order valence-corrected chi connectivity index (χ4v) is 2.94. The summed E-state index contributed by atoms with van der Waals surface area (Å²) < 4.78 is 15.5. The molecule has 4 nitrogen and oxygen atoms in total. The number of aromatic nitrogens is 4. The second-order valence-electron chi connectivity index (χ2n) is 6.18. The van der Waals surface area contributed by atoms with Crippen LogP contribution in [0.4, 0.5) is 4.39 Å². The Kier molecular flexibility index (Phi) is 3.81. The van der Waals surface area contributed by atoms with Gasteiger partial charge in [-0.3, -0.25) is 4.68 Å². The number of fused-ring (bicyclic) bond motifs is 1. The van der Waals surface area contributed by atoms with E-state index in [1.165, 1.54) is 23.3 Å². The van der Waals surface area contributed by atoms with Gasteiger partial charge in [0.2, 0.25) is 0 Å². The van der Waals surface area contributed by atoms with Gasteiger partial charge >= 0.3 is 0 Å². The van der Waals surface area contributed by atoms with E-state index in [4.69, 9.17) is 11.6 Å². The van der Waals surface area contributed by atoms with E-state index in [2.05, 4.69) is 46.3 Å². The topological polar surface area (TPSA) is 46.5 Å². The van der Waals surface area contributed by atoms with Crippen LogP contribution >= 0.6 is 11.6 Å². The molecule has 0 radical (unpaired) electrons. The lowest BCUT2D eigenvalue weighted by molar-refractivity contribution is 0.630. The minimum absolute atomic E-state index is 0.0617. The van der Waals surface area contributed by atoms with Crippen molar-refractivity contribution in [1.29, 1.82) is 0 Å². The van der Waals surface area contributed by atoms with Crippen LogP contribution in [0.1, 0.15) is 16.8 Å². The molecule has 25 heavy (non-hydrogen) atoms. The first-order valence-corrected chi connectivity index (χ1v) is 8.32. The zero-order valence-corrected chi connectivity index (χ0v) is 14.6. The van der Waals surface area contributed by atoms with Gasteiger partial charge in [0, 0.05) is 11.8 Å². The number of H-pyrrole nitrogens is 1. The third-order valence-electron chi connectivity index (χ3n) is 4.20. The number of hydrogen-bond acceptors (Lipinski definition) is 2. The molecule has 0 saturated heterocycles. The van der Waals surface area contributed by atoms with Gasteiger partial charge in [0.05, 0.1) is 22.6 Å². The summed E-state index contributed by atoms with van der Waals surface area (Å²) in [4.78, 5) is 7.58. The summed E-state index contributed by atoms with van der Waals surface area (Å²) in [6, 6.07) is 13.2. The van der Waals surface area contributed by atoms with Gasteiger partial charge < -0.3 is 4.98 Å². The predicted octanol–water partition coefficient (Wildman–Crippen LogP) is 4.88. The van der Waals surface area contributed by atoms with Crippen LogP contribution in [0.5, 0.6) is 0 Å². The van der Waals surface area contributed by atoms with E-state index in [-0.39, 0.29) is 5.02 Å². The fraction of sp³-hybridized carbons (Fsp3) is 0.158. The minimum Gasteiger partial charge on any atom is -0.336 e. The minimum atomic E-state index is -0.467. The van der Waals surface area contributed by atoms with E-state index in [0.29, 0.717) is 23.4 Å². The summed E-state index contributed by atoms with van der Waals surface area (Å²) in [5.74, 6) is 0.132. The first kappa shape index (κ1) is 15.8. The molecule has 0 bridgehead atoms. The third kappa shape index (κ3) is 3.03. The van der Waals surface area contributed by atoms with Gasteiger partial charge in [-0.15, -0.1) is 0 Å². The molecule has 4 aromatic rings. The highest BCUT2D eigenvalue weighted by molar-refractivity contribution is 6.31. The molecule has 0 spiro atoms. The second-order valence-corrected chi connectivity index (χ2v) is 6.59. The molecule has 2 aromatic heterocycles. The first-order chi connectivity index (χ1) is 12.0. The maximum absolute atomic E-state index is 13.6. The Morgan fingerprint density at radius 1 is 1.12 bits per heavy atom. The molecule has 1 N–H and O–H groups in total. The molecule has 126 valence electrons. The molecule has 6 heteroatoms. The van der Waals surface area contributed by atoms with Crippen molar-refractivity contribution in [2.75, 3.05) is 0 Å². The summed E-state index contributed by atoms with van der Waals surface area (Å²) in [5.41, 5.74) is 5.38. The molecule has 0 aliphatic carbocycles. The van der Waals surface area contributed by atoms with Gasteiger partial charge in [0.1, 0.15) is 11.5 Å². The molecule has 0 aliphatic rings. The average molecular weight is 355 g/mol. The molecule has 4 rings (SSSR count). The molecule has 0 saturated carbocycles. The third-order valence-corrected chi connectivity index (χ3v) is 4.49. The second kappa shape index (κ2) is 6.01. The van der Waals surface area contributed by atoms with Crippen LogP contribution in [0.25, 0.3) is 22.6 Å². The van der Waals surface area contributed by atoms with Gasteiger partial charge in [-0.25, -0.2) is 9.37 Å². The molecule has 2 heterocycles. The summed E-state index contributed by atoms with van der Waals surface area (Å²) in [5, 5.41) is 4.70. The molecule has 0 amide bonds. The molecular weight excluding hydrogens is 339 g/mol. The molecule has 0 fully saturated rings. The monoisotopic (exact) mass is 354 g/mol. The van der Waals surface area contributed by atoms with Crippen molar-refractivity contribution >= 4 is 22.6 Å². The average Bonchev–Trinajstić information content (AvgIpc) is 3.14. The molecular formula is C19H16ClFN4. The number of aromatic amines is 1. The number of aryl methyl sites for hydroxylation is 2. The Balaban J connectivity index is 1.68. The summed E-state index contributed by atoms with van der Waals surface area (Å²) in [6.07, 6.45) is 0. The summed E-state index contributed by atoms with van der Waals surface area (Å²) in [7, 11) is 0. The highest BCUT2D eigenvalue weighted by atomic mass is 35.5. The van der Waals surface area contributed by atoms with Gasteiger partial charge in [0.25, 0.3) is 0 Å². The smallest absolute Gasteiger partial charge is 0.159 e. The van der Waals surface area contributed by atoms with Crippen LogP contribution < -0.4 is 0 Å². The number of hydrogen-bond donors (Lipinski definition) is 1. The maximum atomic E-state index is 13.6. The molecule has 2 aromatic carbocycles. The van der Waals surface area contributed by atoms with E-state index >= 15 is 0 Å². The molecule has 0 atom stereocenters. The fourth-order valence-electron chi connectivity index (χ4n) is 2.78. The normalized spacial score (nSPS) is 11.4. The van der Waals surface area contributed by atoms with Crippen molar-refractivity contribution in [1.82, 2.24) is 19.7 Å². The van der Waals surface area contributed by atoms with Gasteiger partial charge in [-0.1, -0.05) is 41.4 Å². The lowest BCUT2D eigenvalue weighted by Crippen LogP contribution is -2.03. The van der Waals surface area contributed by atoms with Gasteiger partial charge in [-0.05, 0) is 31.5 Å². The van der Waals surface area contributed by atoms with Crippen molar-refractivity contribution < 1.29 is 4.39 Å². The number of nitrogens with zero attached hydrogens (tertiary/aromatic N) is 3. The number of halogens is 2. The standard InChI is InChI=1S/C19H16ClFN4/c1-11-3-5-13(6-4-11)10-25-12(2)7-18(24-25)19-22-16-8-14(20)15(21)9-17(16)23-19/h3-9H,10H2,1-2H3,(H,22,23). The van der Waals surface area contributed by atoms with Gasteiger partial charge in [-0.2, -0.15) is 5.10 Å². The predicted molar refractivity (Wildman–Crippen MR) is 97.3 cm³/mol. The Morgan fingerprint density at radius 3 is 2.64 bits per heavy atom. The van der Waals surface area contributed by atoms with Crippen LogP contribution in [0, 0.1) is 19.7 Å². The van der Waals surface area contributed by atoms with E-state index in [9.17, 15) is 4.39 Å². The Morgan fingerprint density at radius 2 is 1.88 bits per heavy atom. The highest BCUT2D eigenvalue weighted by Gasteiger charge is 2.13. The zero-order valence-electron chi connectivity index (χ0n) is 13.8. The van der Waals surface area contributed by atoms with Crippen molar-refractivity contribution in [2.45, 2.75) is 20.4 Å². The van der Waals surface area contributed by atoms with Crippen molar-refractivity contribution in [3.8, 4) is 11.5 Å². The summed E-state index contributed by atoms with van der Waals surface area (Å²) >= 11 is 5.82. The Bertz CT molecular complexity index is 1020. The first-order valence-electron chi connectivity index (χ1n) is 7.95. The zero-order chi connectivity index (χ0) is 17.6. The summed E-state index contributed by atoms with van der Waals surface area (Å²) in [6.45, 7) is 4.76. The lowest BCUT2D eigenvalue weighted by atomic mass is 10.1. The van der Waals surface area contributed by atoms with Crippen LogP contribution in [-0.4, -0.2) is 19.7 Å². The van der Waals surface area contributed by atoms with E-state index in [1.54, 1.807) is 0 Å². The Labute approximate surface area is 149 Å². The van der Waals surface area contributed by atoms with E-state index in [0.717, 1.165) is 11.4 Å². The Hall–Kier alpha value is -2.66. The number of benzene rings is 2. The SMILES string of the molecule is Cc1ccc(Cn2nc(-c3nc4cc(Cl)c(F)cc4[nH]3)cc2C)cc1. The molecule has 0 unspecified atom stereocenters. The maximum Gasteiger partial charge on any atom is 0.159 e. The van der Waals surface area contributed by atoms with Gasteiger partial charge in [0.15, 0.2) is 5.82 Å². The number of imidazole rings is 1. The van der Waals surface area contributed by atoms with Crippen LogP contribution in [-0.2, 0) is 6.54 Å². The van der Waals surface area contributed by atoms with Crippen LogP contribution in [0.15, 0.2) is 42.5 Å². The van der Waals surface area contributed by atoms with E-state index in [1.807, 2.05) is 17.7 Å². The number of rotatable bonds is 3.